The van der Waals surface area contributed by atoms with Crippen molar-refractivity contribution in [1.29, 1.82) is 0 Å². The van der Waals surface area contributed by atoms with Gasteiger partial charge in [-0.1, -0.05) is 12.1 Å². The molecule has 0 saturated carbocycles. The van der Waals surface area contributed by atoms with Gasteiger partial charge in [0.2, 0.25) is 11.8 Å². The van der Waals surface area contributed by atoms with Crippen molar-refractivity contribution in [3.05, 3.63) is 0 Å². The highest BCUT2D eigenvalue weighted by molar-refractivity contribution is 6.02. The fraction of sp³-hybridized carbons (Fsp3) is 0.727. The van der Waals surface area contributed by atoms with E-state index in [0.29, 0.717) is 19.5 Å². The number of amides is 2. The maximum Gasteiger partial charge on any atom is 0.241 e. The summed E-state index contributed by atoms with van der Waals surface area (Å²) in [5.41, 5.74) is 5.49. The molecule has 2 amide bonds. The van der Waals surface area contributed by atoms with Crippen molar-refractivity contribution < 1.29 is 14.8 Å². The number of likely N-dealkylation sites (N-methyl/N-ethyl adjacent to an activating group) is 1. The number of carbonyl (C=O) groups is 2. The number of rotatable bonds is 3. The molecule has 0 aromatic carbocycles. The van der Waals surface area contributed by atoms with E-state index in [1.54, 1.807) is 18.9 Å². The lowest BCUT2D eigenvalue weighted by Crippen LogP contribution is -2.44. The highest BCUT2D eigenvalue weighted by atomic mass is 16.4. The third kappa shape index (κ3) is 3.12. The molecule has 102 valence electrons. The highest BCUT2D eigenvalue weighted by Crippen LogP contribution is 2.11. The van der Waals surface area contributed by atoms with Gasteiger partial charge in [-0.05, 0) is 12.8 Å². The Kier molecular flexibility index (Phi) is 4.94. The summed E-state index contributed by atoms with van der Waals surface area (Å²) in [6.07, 6.45) is 1.18. The van der Waals surface area contributed by atoms with Crippen molar-refractivity contribution in [2.45, 2.75) is 19.8 Å². The smallest absolute Gasteiger partial charge is 0.241 e. The van der Waals surface area contributed by atoms with Crippen molar-refractivity contribution in [2.75, 3.05) is 26.7 Å². The van der Waals surface area contributed by atoms with Crippen LogP contribution < -0.4 is 5.73 Å². The zero-order valence-corrected chi connectivity index (χ0v) is 10.8. The third-order valence-corrected chi connectivity index (χ3v) is 3.16. The minimum absolute atomic E-state index is 0.0601. The summed E-state index contributed by atoms with van der Waals surface area (Å²) in [7, 11) is 1.72. The van der Waals surface area contributed by atoms with E-state index in [9.17, 15) is 9.59 Å². The summed E-state index contributed by atoms with van der Waals surface area (Å²) in [5, 5.41) is 11.5. The van der Waals surface area contributed by atoms with Crippen LogP contribution >= 0.6 is 0 Å². The number of nitrogens with zero attached hydrogens (tertiary/aromatic N) is 3. The first-order valence-corrected chi connectivity index (χ1v) is 6.01. The summed E-state index contributed by atoms with van der Waals surface area (Å²) >= 11 is 0. The zero-order chi connectivity index (χ0) is 13.7. The molecular weight excluding hydrogens is 236 g/mol. The predicted molar refractivity (Wildman–Crippen MR) is 66.0 cm³/mol. The fourth-order valence-electron chi connectivity index (χ4n) is 1.97. The Morgan fingerprint density at radius 2 is 2.22 bits per heavy atom. The molecule has 3 N–H and O–H groups in total. The van der Waals surface area contributed by atoms with Gasteiger partial charge in [-0.2, -0.15) is 0 Å². The normalized spacial score (nSPS) is 19.7. The molecule has 1 unspecified atom stereocenters. The summed E-state index contributed by atoms with van der Waals surface area (Å²) < 4.78 is 0. The fourth-order valence-corrected chi connectivity index (χ4v) is 1.97. The van der Waals surface area contributed by atoms with Crippen molar-refractivity contribution in [1.82, 2.24) is 9.80 Å². The van der Waals surface area contributed by atoms with Crippen LogP contribution in [0.25, 0.3) is 0 Å². The molecule has 1 atom stereocenters. The summed E-state index contributed by atoms with van der Waals surface area (Å²) in [5.74, 6) is -1.11. The van der Waals surface area contributed by atoms with E-state index >= 15 is 0 Å². The lowest BCUT2D eigenvalue weighted by atomic mass is 10.0. The van der Waals surface area contributed by atoms with E-state index in [0.717, 1.165) is 6.42 Å². The average molecular weight is 256 g/mol. The molecule has 0 aromatic heterocycles. The average Bonchev–Trinajstić information content (AvgIpc) is 2.52. The van der Waals surface area contributed by atoms with Crippen molar-refractivity contribution in [3.63, 3.8) is 0 Å². The van der Waals surface area contributed by atoms with Crippen LogP contribution in [0.2, 0.25) is 0 Å². The maximum atomic E-state index is 12.2. The van der Waals surface area contributed by atoms with Gasteiger partial charge in [0.15, 0.2) is 5.84 Å². The minimum Gasteiger partial charge on any atom is -0.409 e. The van der Waals surface area contributed by atoms with Crippen LogP contribution in [0.3, 0.4) is 0 Å². The maximum absolute atomic E-state index is 12.2. The van der Waals surface area contributed by atoms with Gasteiger partial charge in [0.1, 0.15) is 0 Å². The van der Waals surface area contributed by atoms with Gasteiger partial charge in [0, 0.05) is 20.1 Å². The first-order valence-electron chi connectivity index (χ1n) is 6.01. The molecule has 0 bridgehead atoms. The molecule has 7 heteroatoms. The number of carbonyl (C=O) groups excluding carboxylic acids is 2. The second-order valence-electron chi connectivity index (χ2n) is 4.41. The SMILES string of the molecule is CCC(C(=O)N1CCCN(C)C(=O)C1)C(N)=NO. The largest absolute Gasteiger partial charge is 0.409 e. The van der Waals surface area contributed by atoms with E-state index in [-0.39, 0.29) is 24.2 Å². The number of oxime groups is 1. The van der Waals surface area contributed by atoms with Crippen LogP contribution in [0.5, 0.6) is 0 Å². The van der Waals surface area contributed by atoms with Gasteiger partial charge < -0.3 is 20.7 Å². The quantitative estimate of drug-likeness (QED) is 0.306. The van der Waals surface area contributed by atoms with Gasteiger partial charge in [-0.15, -0.1) is 0 Å². The number of hydrogen-bond donors (Lipinski definition) is 2. The molecule has 1 rings (SSSR count). The Morgan fingerprint density at radius 3 is 2.78 bits per heavy atom. The molecular formula is C11H20N4O3. The second kappa shape index (κ2) is 6.23. The van der Waals surface area contributed by atoms with Gasteiger partial charge in [-0.25, -0.2) is 0 Å². The van der Waals surface area contributed by atoms with Crippen molar-refractivity contribution in [3.8, 4) is 0 Å². The standard InChI is InChI=1S/C11H20N4O3/c1-3-8(10(12)13-18)11(17)15-6-4-5-14(2)9(16)7-15/h8,18H,3-7H2,1-2H3,(H2,12,13). The van der Waals surface area contributed by atoms with Crippen LogP contribution in [0.4, 0.5) is 0 Å². The Hall–Kier alpha value is -1.79. The van der Waals surface area contributed by atoms with Crippen molar-refractivity contribution >= 4 is 17.6 Å². The molecule has 0 aromatic rings. The van der Waals surface area contributed by atoms with E-state index in [1.807, 2.05) is 0 Å². The molecule has 1 saturated heterocycles. The molecule has 1 heterocycles. The lowest BCUT2D eigenvalue weighted by Gasteiger charge is -2.24. The van der Waals surface area contributed by atoms with E-state index in [2.05, 4.69) is 5.16 Å². The van der Waals surface area contributed by atoms with Crippen LogP contribution in [0.1, 0.15) is 19.8 Å². The predicted octanol–water partition coefficient (Wildman–Crippen LogP) is -0.550. The molecule has 7 nitrogen and oxygen atoms in total. The van der Waals surface area contributed by atoms with Crippen LogP contribution in [-0.4, -0.2) is 59.3 Å². The first kappa shape index (κ1) is 14.3. The van der Waals surface area contributed by atoms with Gasteiger partial charge >= 0.3 is 0 Å². The zero-order valence-electron chi connectivity index (χ0n) is 10.8. The molecule has 1 aliphatic rings. The van der Waals surface area contributed by atoms with Gasteiger partial charge in [0.05, 0.1) is 12.5 Å². The van der Waals surface area contributed by atoms with E-state index in [4.69, 9.17) is 10.9 Å². The molecule has 18 heavy (non-hydrogen) atoms. The minimum atomic E-state index is -0.661. The molecule has 0 spiro atoms. The molecule has 1 fully saturated rings. The van der Waals surface area contributed by atoms with Crippen LogP contribution in [0.15, 0.2) is 5.16 Å². The third-order valence-electron chi connectivity index (χ3n) is 3.16. The summed E-state index contributed by atoms with van der Waals surface area (Å²) in [4.78, 5) is 27.0. The van der Waals surface area contributed by atoms with Gasteiger partial charge in [-0.3, -0.25) is 9.59 Å². The summed E-state index contributed by atoms with van der Waals surface area (Å²) in [6, 6.07) is 0. The monoisotopic (exact) mass is 256 g/mol. The topological polar surface area (TPSA) is 99.2 Å². The Morgan fingerprint density at radius 1 is 1.56 bits per heavy atom. The van der Waals surface area contributed by atoms with Crippen LogP contribution in [-0.2, 0) is 9.59 Å². The Labute approximate surface area is 106 Å². The Balaban J connectivity index is 2.79. The Bertz CT molecular complexity index is 356. The summed E-state index contributed by atoms with van der Waals surface area (Å²) in [6.45, 7) is 3.00. The van der Waals surface area contributed by atoms with Crippen LogP contribution in [0, 0.1) is 5.92 Å². The second-order valence-corrected chi connectivity index (χ2v) is 4.41. The number of nitrogens with two attached hydrogens (primary N) is 1. The van der Waals surface area contributed by atoms with E-state index in [1.165, 1.54) is 4.90 Å². The van der Waals surface area contributed by atoms with Gasteiger partial charge in [0.25, 0.3) is 0 Å². The molecule has 0 radical (unpaired) electrons. The number of hydrogen-bond acceptors (Lipinski definition) is 4. The van der Waals surface area contributed by atoms with Crippen molar-refractivity contribution in [2.24, 2.45) is 16.8 Å². The number of amidine groups is 1. The molecule has 0 aliphatic carbocycles. The lowest BCUT2D eigenvalue weighted by molar-refractivity contribution is -0.139. The van der Waals surface area contributed by atoms with E-state index < -0.39 is 5.92 Å². The highest BCUT2D eigenvalue weighted by Gasteiger charge is 2.29. The molecule has 1 aliphatic heterocycles. The first-order chi connectivity index (χ1) is 8.51.